The van der Waals surface area contributed by atoms with Crippen molar-refractivity contribution in [2.24, 2.45) is 5.90 Å². The van der Waals surface area contributed by atoms with E-state index < -0.39 is 17.5 Å². The van der Waals surface area contributed by atoms with Gasteiger partial charge in [0.2, 0.25) is 0 Å². The Morgan fingerprint density at radius 2 is 2.00 bits per heavy atom. The molecule has 0 aliphatic rings. The van der Waals surface area contributed by atoms with Gasteiger partial charge in [-0.05, 0) is 24.1 Å². The molecule has 1 aromatic rings. The molecule has 84 valence electrons. The van der Waals surface area contributed by atoms with Crippen LogP contribution >= 0.6 is 0 Å². The lowest BCUT2D eigenvalue weighted by Gasteiger charge is -2.12. The van der Waals surface area contributed by atoms with Crippen molar-refractivity contribution in [1.82, 2.24) is 0 Å². The van der Waals surface area contributed by atoms with Gasteiger partial charge in [-0.25, -0.2) is 5.90 Å². The van der Waals surface area contributed by atoms with Gasteiger partial charge in [-0.2, -0.15) is 13.2 Å². The molecule has 15 heavy (non-hydrogen) atoms. The van der Waals surface area contributed by atoms with Gasteiger partial charge in [0.25, 0.3) is 0 Å². The second-order valence-electron chi connectivity index (χ2n) is 2.96. The summed E-state index contributed by atoms with van der Waals surface area (Å²) in [7, 11) is 0. The van der Waals surface area contributed by atoms with Crippen molar-refractivity contribution in [3.05, 3.63) is 29.3 Å². The maximum absolute atomic E-state index is 12.5. The maximum atomic E-state index is 12.5. The molecule has 0 fully saturated rings. The molecule has 1 rings (SSSR count). The Kier molecular flexibility index (Phi) is 3.54. The Balaban J connectivity index is 3.04. The lowest BCUT2D eigenvalue weighted by molar-refractivity contribution is -0.138. The fourth-order valence-corrected chi connectivity index (χ4v) is 1.22. The number of nitrogens with two attached hydrogens (primary N) is 1. The molecule has 0 unspecified atom stereocenters. The first-order chi connectivity index (χ1) is 6.95. The van der Waals surface area contributed by atoms with Crippen LogP contribution in [0.25, 0.3) is 0 Å². The van der Waals surface area contributed by atoms with Crippen LogP contribution in [0.5, 0.6) is 5.75 Å². The minimum Gasteiger partial charge on any atom is -0.508 e. The summed E-state index contributed by atoms with van der Waals surface area (Å²) in [6.07, 6.45) is -4.44. The van der Waals surface area contributed by atoms with E-state index in [1.807, 2.05) is 0 Å². The first kappa shape index (κ1) is 11.8. The highest BCUT2D eigenvalue weighted by Crippen LogP contribution is 2.34. The lowest BCUT2D eigenvalue weighted by Crippen LogP contribution is -2.12. The number of aromatic hydroxyl groups is 1. The predicted molar refractivity (Wildman–Crippen MR) is 47.0 cm³/mol. The normalized spacial score (nSPS) is 11.7. The van der Waals surface area contributed by atoms with E-state index in [4.69, 9.17) is 11.0 Å². The Hall–Kier alpha value is -1.27. The van der Waals surface area contributed by atoms with Crippen molar-refractivity contribution < 1.29 is 23.1 Å². The molecule has 0 radical (unpaired) electrons. The molecule has 3 N–H and O–H groups in total. The molecule has 1 aromatic carbocycles. The molecule has 0 bridgehead atoms. The summed E-state index contributed by atoms with van der Waals surface area (Å²) in [4.78, 5) is 4.21. The molecule has 0 atom stereocenters. The van der Waals surface area contributed by atoms with E-state index in [-0.39, 0.29) is 18.6 Å². The van der Waals surface area contributed by atoms with Crippen LogP contribution in [0.4, 0.5) is 13.2 Å². The Morgan fingerprint density at radius 3 is 2.53 bits per heavy atom. The number of phenols is 1. The summed E-state index contributed by atoms with van der Waals surface area (Å²) < 4.78 is 37.4. The van der Waals surface area contributed by atoms with Gasteiger partial charge >= 0.3 is 6.18 Å². The molecule has 6 heteroatoms. The van der Waals surface area contributed by atoms with Crippen LogP contribution in [0.15, 0.2) is 18.2 Å². The number of rotatable bonds is 3. The molecule has 0 aromatic heterocycles. The van der Waals surface area contributed by atoms with E-state index in [9.17, 15) is 13.2 Å². The van der Waals surface area contributed by atoms with Crippen LogP contribution in [0.3, 0.4) is 0 Å². The van der Waals surface area contributed by atoms with E-state index in [2.05, 4.69) is 4.84 Å². The zero-order valence-electron chi connectivity index (χ0n) is 7.71. The third kappa shape index (κ3) is 3.10. The third-order valence-electron chi connectivity index (χ3n) is 1.89. The number of halogens is 3. The van der Waals surface area contributed by atoms with Gasteiger partial charge in [0.05, 0.1) is 12.2 Å². The van der Waals surface area contributed by atoms with Gasteiger partial charge in [-0.15, -0.1) is 0 Å². The van der Waals surface area contributed by atoms with Crippen molar-refractivity contribution in [1.29, 1.82) is 0 Å². The minimum absolute atomic E-state index is 0.00610. The molecule has 0 amide bonds. The Morgan fingerprint density at radius 1 is 1.33 bits per heavy atom. The third-order valence-corrected chi connectivity index (χ3v) is 1.89. The quantitative estimate of drug-likeness (QED) is 0.766. The number of phenolic OH excluding ortho intramolecular Hbond substituents is 1. The van der Waals surface area contributed by atoms with Crippen LogP contribution in [-0.4, -0.2) is 11.7 Å². The summed E-state index contributed by atoms with van der Waals surface area (Å²) in [6.45, 7) is -0.00610. The van der Waals surface area contributed by atoms with Crippen molar-refractivity contribution in [3.63, 3.8) is 0 Å². The van der Waals surface area contributed by atoms with Crippen LogP contribution in [0.2, 0.25) is 0 Å². The van der Waals surface area contributed by atoms with E-state index in [1.165, 1.54) is 12.1 Å². The standard InChI is InChI=1S/C9H10F3NO2/c10-9(11,12)8-5-7(14)2-1-6(8)3-4-15-13/h1-2,5,14H,3-4,13H2. The van der Waals surface area contributed by atoms with Gasteiger partial charge in [-0.1, -0.05) is 6.07 Å². The SMILES string of the molecule is NOCCc1ccc(O)cc1C(F)(F)F. The highest BCUT2D eigenvalue weighted by molar-refractivity contribution is 5.36. The van der Waals surface area contributed by atoms with Gasteiger partial charge < -0.3 is 9.94 Å². The van der Waals surface area contributed by atoms with Gasteiger partial charge in [0.15, 0.2) is 0 Å². The van der Waals surface area contributed by atoms with Crippen LogP contribution in [0, 0.1) is 0 Å². The summed E-state index contributed by atoms with van der Waals surface area (Å²) in [5.74, 6) is 4.32. The molecule has 0 heterocycles. The predicted octanol–water partition coefficient (Wildman–Crippen LogP) is 1.84. The average Bonchev–Trinajstić information content (AvgIpc) is 2.14. The second kappa shape index (κ2) is 4.50. The minimum atomic E-state index is -4.48. The van der Waals surface area contributed by atoms with Crippen LogP contribution in [-0.2, 0) is 17.4 Å². The molecular weight excluding hydrogens is 211 g/mol. The summed E-state index contributed by atoms with van der Waals surface area (Å²) in [6, 6.07) is 3.09. The zero-order valence-corrected chi connectivity index (χ0v) is 7.71. The largest absolute Gasteiger partial charge is 0.508 e. The number of alkyl halides is 3. The fourth-order valence-electron chi connectivity index (χ4n) is 1.22. The maximum Gasteiger partial charge on any atom is 0.416 e. The second-order valence-corrected chi connectivity index (χ2v) is 2.96. The first-order valence-corrected chi connectivity index (χ1v) is 4.16. The monoisotopic (exact) mass is 221 g/mol. The Bertz CT molecular complexity index is 339. The molecule has 0 saturated heterocycles. The zero-order chi connectivity index (χ0) is 11.5. The van der Waals surface area contributed by atoms with E-state index in [1.54, 1.807) is 0 Å². The average molecular weight is 221 g/mol. The molecule has 0 spiro atoms. The van der Waals surface area contributed by atoms with E-state index in [0.717, 1.165) is 0 Å². The Labute approximate surface area is 84.2 Å². The lowest BCUT2D eigenvalue weighted by atomic mass is 10.0. The summed E-state index contributed by atoms with van der Waals surface area (Å²) in [5, 5.41) is 8.97. The van der Waals surface area contributed by atoms with Crippen molar-refractivity contribution in [3.8, 4) is 5.75 Å². The molecule has 3 nitrogen and oxygen atoms in total. The topological polar surface area (TPSA) is 55.5 Å². The van der Waals surface area contributed by atoms with E-state index >= 15 is 0 Å². The summed E-state index contributed by atoms with van der Waals surface area (Å²) >= 11 is 0. The number of benzene rings is 1. The highest BCUT2D eigenvalue weighted by Gasteiger charge is 2.33. The van der Waals surface area contributed by atoms with Crippen molar-refractivity contribution in [2.75, 3.05) is 6.61 Å². The van der Waals surface area contributed by atoms with Gasteiger partial charge in [0.1, 0.15) is 5.75 Å². The smallest absolute Gasteiger partial charge is 0.416 e. The first-order valence-electron chi connectivity index (χ1n) is 4.16. The highest BCUT2D eigenvalue weighted by atomic mass is 19.4. The van der Waals surface area contributed by atoms with Crippen LogP contribution < -0.4 is 5.90 Å². The van der Waals surface area contributed by atoms with Gasteiger partial charge in [0, 0.05) is 0 Å². The fraction of sp³-hybridized carbons (Fsp3) is 0.333. The molecule has 0 aliphatic carbocycles. The molecular formula is C9H10F3NO2. The van der Waals surface area contributed by atoms with Gasteiger partial charge in [-0.3, -0.25) is 0 Å². The molecule has 0 saturated carbocycles. The summed E-state index contributed by atoms with van der Waals surface area (Å²) in [5.41, 5.74) is -0.815. The van der Waals surface area contributed by atoms with E-state index in [0.29, 0.717) is 6.07 Å². The number of hydrogen-bond acceptors (Lipinski definition) is 3. The van der Waals surface area contributed by atoms with Crippen molar-refractivity contribution >= 4 is 0 Å². The molecule has 0 aliphatic heterocycles. The van der Waals surface area contributed by atoms with Crippen LogP contribution in [0.1, 0.15) is 11.1 Å². The number of hydrogen-bond donors (Lipinski definition) is 2. The van der Waals surface area contributed by atoms with Crippen molar-refractivity contribution in [2.45, 2.75) is 12.6 Å².